The van der Waals surface area contributed by atoms with Crippen molar-refractivity contribution in [1.82, 2.24) is 33.4 Å². The molecule has 1 aromatic heterocycles. The summed E-state index contributed by atoms with van der Waals surface area (Å²) in [7, 11) is -1.50. The summed E-state index contributed by atoms with van der Waals surface area (Å²) in [5.41, 5.74) is 1.63. The number of aromatic nitrogens is 3. The van der Waals surface area contributed by atoms with Crippen molar-refractivity contribution in [2.45, 2.75) is 6.92 Å². The van der Waals surface area contributed by atoms with E-state index in [9.17, 15) is 13.2 Å². The van der Waals surface area contributed by atoms with Gasteiger partial charge in [-0.1, -0.05) is 18.2 Å². The van der Waals surface area contributed by atoms with Crippen LogP contribution < -0.4 is 0 Å². The second-order valence-electron chi connectivity index (χ2n) is 7.66. The molecule has 2 aliphatic heterocycles. The fourth-order valence-electron chi connectivity index (χ4n) is 3.71. The molecule has 4 rings (SSSR count). The van der Waals surface area contributed by atoms with E-state index in [0.29, 0.717) is 37.6 Å². The molecule has 0 bridgehead atoms. The summed E-state index contributed by atoms with van der Waals surface area (Å²) in [4.78, 5) is 18.2. The molecule has 30 heavy (non-hydrogen) atoms. The van der Waals surface area contributed by atoms with E-state index in [1.54, 1.807) is 16.1 Å². The number of aryl methyl sites for hydroxylation is 1. The maximum absolute atomic E-state index is 13.0. The van der Waals surface area contributed by atoms with Crippen LogP contribution in [0.25, 0.3) is 5.69 Å². The van der Waals surface area contributed by atoms with Gasteiger partial charge in [0.2, 0.25) is 0 Å². The summed E-state index contributed by atoms with van der Waals surface area (Å²) in [6, 6.07) is 9.41. The van der Waals surface area contributed by atoms with Crippen LogP contribution in [0.4, 0.5) is 0 Å². The minimum atomic E-state index is -3.49. The summed E-state index contributed by atoms with van der Waals surface area (Å²) in [5.74, 6) is -0.216. The van der Waals surface area contributed by atoms with Gasteiger partial charge in [0.15, 0.2) is 5.69 Å². The van der Waals surface area contributed by atoms with E-state index in [1.807, 2.05) is 37.4 Å². The number of rotatable bonds is 4. The maximum atomic E-state index is 13.0. The van der Waals surface area contributed by atoms with E-state index in [0.717, 1.165) is 18.8 Å². The second kappa shape index (κ2) is 8.42. The third-order valence-electron chi connectivity index (χ3n) is 5.61. The molecule has 0 saturated carbocycles. The molecular weight excluding hydrogens is 406 g/mol. The van der Waals surface area contributed by atoms with Gasteiger partial charge in [0.1, 0.15) is 0 Å². The Kier molecular flexibility index (Phi) is 5.87. The van der Waals surface area contributed by atoms with Crippen molar-refractivity contribution in [2.24, 2.45) is 0 Å². The summed E-state index contributed by atoms with van der Waals surface area (Å²) in [6.07, 6.45) is 0. The quantitative estimate of drug-likeness (QED) is 0.664. The molecule has 2 aliphatic rings. The zero-order chi connectivity index (χ0) is 21.3. The van der Waals surface area contributed by atoms with Crippen LogP contribution in [0.5, 0.6) is 0 Å². The van der Waals surface area contributed by atoms with Crippen molar-refractivity contribution >= 4 is 16.1 Å². The molecule has 10 nitrogen and oxygen atoms in total. The number of para-hydroxylation sites is 1. The lowest BCUT2D eigenvalue weighted by Gasteiger charge is -2.38. The lowest BCUT2D eigenvalue weighted by Crippen LogP contribution is -2.57. The van der Waals surface area contributed by atoms with Gasteiger partial charge in [-0.2, -0.15) is 26.9 Å². The molecule has 0 radical (unpaired) electrons. The zero-order valence-corrected chi connectivity index (χ0v) is 18.1. The summed E-state index contributed by atoms with van der Waals surface area (Å²) >= 11 is 0. The molecule has 0 unspecified atom stereocenters. The first-order valence-corrected chi connectivity index (χ1v) is 11.5. The predicted octanol–water partition coefficient (Wildman–Crippen LogP) is -0.174. The van der Waals surface area contributed by atoms with Gasteiger partial charge in [-0.25, -0.2) is 0 Å². The molecule has 1 amide bonds. The highest BCUT2D eigenvalue weighted by atomic mass is 32.2. The number of likely N-dealkylation sites (N-methyl/N-ethyl adjacent to an activating group) is 1. The average molecular weight is 434 g/mol. The standard InChI is InChI=1S/C19H27N7O3S/c1-16-18(21-26(20-16)17-6-4-3-5-7-17)19(27)23-10-14-25(15-11-23)30(28,29)24-12-8-22(2)9-13-24/h3-7H,8-15H2,1-2H3. The molecule has 2 saturated heterocycles. The summed E-state index contributed by atoms with van der Waals surface area (Å²) in [5, 5.41) is 8.73. The van der Waals surface area contributed by atoms with Gasteiger partial charge < -0.3 is 9.80 Å². The van der Waals surface area contributed by atoms with Crippen molar-refractivity contribution in [3.8, 4) is 5.69 Å². The van der Waals surface area contributed by atoms with E-state index in [4.69, 9.17) is 0 Å². The van der Waals surface area contributed by atoms with Crippen LogP contribution in [0.1, 0.15) is 16.2 Å². The Labute approximate surface area is 176 Å². The molecular formula is C19H27N7O3S. The van der Waals surface area contributed by atoms with Crippen LogP contribution in [0.2, 0.25) is 0 Å². The van der Waals surface area contributed by atoms with Crippen LogP contribution in [0, 0.1) is 6.92 Å². The van der Waals surface area contributed by atoms with Gasteiger partial charge in [-0.3, -0.25) is 4.79 Å². The van der Waals surface area contributed by atoms with Gasteiger partial charge >= 0.3 is 0 Å². The lowest BCUT2D eigenvalue weighted by atomic mass is 10.2. The Hall–Kier alpha value is -2.34. The third-order valence-corrected chi connectivity index (χ3v) is 7.65. The Balaban J connectivity index is 1.41. The molecule has 2 aromatic rings. The highest BCUT2D eigenvalue weighted by Crippen LogP contribution is 2.17. The van der Waals surface area contributed by atoms with Gasteiger partial charge in [0, 0.05) is 52.4 Å². The van der Waals surface area contributed by atoms with Crippen molar-refractivity contribution in [3.05, 3.63) is 41.7 Å². The Morgan fingerprint density at radius 2 is 1.43 bits per heavy atom. The summed E-state index contributed by atoms with van der Waals surface area (Å²) in [6.45, 7) is 5.46. The second-order valence-corrected chi connectivity index (χ2v) is 9.59. The Morgan fingerprint density at radius 1 is 0.867 bits per heavy atom. The molecule has 11 heteroatoms. The SMILES string of the molecule is Cc1nn(-c2ccccc2)nc1C(=O)N1CCN(S(=O)(=O)N2CCN(C)CC2)CC1. The predicted molar refractivity (Wildman–Crippen MR) is 112 cm³/mol. The summed E-state index contributed by atoms with van der Waals surface area (Å²) < 4.78 is 28.8. The third kappa shape index (κ3) is 4.10. The Bertz CT molecular complexity index is 992. The highest BCUT2D eigenvalue weighted by molar-refractivity contribution is 7.86. The van der Waals surface area contributed by atoms with Crippen LogP contribution in [0.15, 0.2) is 30.3 Å². The van der Waals surface area contributed by atoms with E-state index in [2.05, 4.69) is 15.1 Å². The number of piperazine rings is 2. The van der Waals surface area contributed by atoms with Crippen LogP contribution in [0.3, 0.4) is 0 Å². The lowest BCUT2D eigenvalue weighted by molar-refractivity contribution is 0.0685. The van der Waals surface area contributed by atoms with Gasteiger partial charge in [0.25, 0.3) is 16.1 Å². The monoisotopic (exact) mass is 433 g/mol. The van der Waals surface area contributed by atoms with E-state index >= 15 is 0 Å². The molecule has 0 spiro atoms. The van der Waals surface area contributed by atoms with Crippen LogP contribution in [-0.4, -0.2) is 107 Å². The van der Waals surface area contributed by atoms with Crippen molar-refractivity contribution in [3.63, 3.8) is 0 Å². The first-order chi connectivity index (χ1) is 14.4. The number of nitrogens with zero attached hydrogens (tertiary/aromatic N) is 7. The molecule has 0 atom stereocenters. The zero-order valence-electron chi connectivity index (χ0n) is 17.3. The Morgan fingerprint density at radius 3 is 2.03 bits per heavy atom. The fraction of sp³-hybridized carbons (Fsp3) is 0.526. The van der Waals surface area contributed by atoms with Gasteiger partial charge in [-0.05, 0) is 26.1 Å². The number of carbonyl (C=O) groups is 1. The number of amides is 1. The van der Waals surface area contributed by atoms with E-state index in [1.165, 1.54) is 9.10 Å². The van der Waals surface area contributed by atoms with E-state index in [-0.39, 0.29) is 19.0 Å². The van der Waals surface area contributed by atoms with Crippen molar-refractivity contribution < 1.29 is 13.2 Å². The largest absolute Gasteiger partial charge is 0.335 e. The van der Waals surface area contributed by atoms with Crippen molar-refractivity contribution in [1.29, 1.82) is 0 Å². The van der Waals surface area contributed by atoms with Crippen molar-refractivity contribution in [2.75, 3.05) is 59.4 Å². The smallest absolute Gasteiger partial charge is 0.282 e. The fourth-order valence-corrected chi connectivity index (χ4v) is 5.28. The first-order valence-electron chi connectivity index (χ1n) is 10.1. The molecule has 0 N–H and O–H groups in total. The first kappa shape index (κ1) is 20.9. The number of hydrogen-bond donors (Lipinski definition) is 0. The minimum absolute atomic E-state index is 0.216. The van der Waals surface area contributed by atoms with Gasteiger partial charge in [-0.15, -0.1) is 5.10 Å². The number of carbonyl (C=O) groups excluding carboxylic acids is 1. The maximum Gasteiger partial charge on any atom is 0.282 e. The normalized spacial score (nSPS) is 19.9. The highest BCUT2D eigenvalue weighted by Gasteiger charge is 2.35. The van der Waals surface area contributed by atoms with E-state index < -0.39 is 10.2 Å². The molecule has 2 fully saturated rings. The topological polar surface area (TPSA) is 94.9 Å². The molecule has 1 aromatic carbocycles. The van der Waals surface area contributed by atoms with Crippen LogP contribution in [-0.2, 0) is 10.2 Å². The molecule has 0 aliphatic carbocycles. The molecule has 3 heterocycles. The minimum Gasteiger partial charge on any atom is -0.335 e. The number of benzene rings is 1. The van der Waals surface area contributed by atoms with Gasteiger partial charge in [0.05, 0.1) is 11.4 Å². The van der Waals surface area contributed by atoms with Crippen LogP contribution >= 0.6 is 0 Å². The number of hydrogen-bond acceptors (Lipinski definition) is 6. The molecule has 162 valence electrons. The average Bonchev–Trinajstić information content (AvgIpc) is 3.16.